The topological polar surface area (TPSA) is 26.0 Å². The highest BCUT2D eigenvalue weighted by Gasteiger charge is 2.19. The van der Waals surface area contributed by atoms with Crippen LogP contribution in [0, 0.1) is 11.6 Å². The number of benzene rings is 1. The first-order valence-electron chi connectivity index (χ1n) is 4.53. The minimum Gasteiger partial charge on any atom is -0.319 e. The third kappa shape index (κ3) is 2.96. The van der Waals surface area contributed by atoms with E-state index in [4.69, 9.17) is 17.3 Å². The van der Waals surface area contributed by atoms with Crippen LogP contribution in [0.5, 0.6) is 0 Å². The number of thiophene rings is 1. The summed E-state index contributed by atoms with van der Waals surface area (Å²) in [5.41, 5.74) is 5.65. The van der Waals surface area contributed by atoms with Crippen LogP contribution < -0.4 is 5.73 Å². The second kappa shape index (κ2) is 5.78. The Labute approximate surface area is 113 Å². The van der Waals surface area contributed by atoms with Crippen LogP contribution in [-0.2, 0) is 0 Å². The molecule has 0 unspecified atom stereocenters. The van der Waals surface area contributed by atoms with Crippen molar-refractivity contribution < 1.29 is 8.78 Å². The molecule has 0 spiro atoms. The van der Waals surface area contributed by atoms with Gasteiger partial charge in [0.05, 0.1) is 6.04 Å². The minimum absolute atomic E-state index is 0. The molecule has 0 aliphatic rings. The lowest BCUT2D eigenvalue weighted by Crippen LogP contribution is -2.14. The molecule has 2 N–H and O–H groups in total. The van der Waals surface area contributed by atoms with Gasteiger partial charge in [-0.05, 0) is 23.6 Å². The zero-order chi connectivity index (χ0) is 11.7. The Hall–Kier alpha value is -0.680. The molecule has 1 nitrogen and oxygen atoms in total. The van der Waals surface area contributed by atoms with Crippen LogP contribution >= 0.6 is 35.3 Å². The maximum absolute atomic E-state index is 13.6. The van der Waals surface area contributed by atoms with E-state index in [2.05, 4.69) is 0 Å². The van der Waals surface area contributed by atoms with Gasteiger partial charge in [0.1, 0.15) is 11.6 Å². The van der Waals surface area contributed by atoms with E-state index in [9.17, 15) is 8.78 Å². The lowest BCUT2D eigenvalue weighted by atomic mass is 10.1. The highest BCUT2D eigenvalue weighted by Crippen LogP contribution is 2.29. The third-order valence-corrected chi connectivity index (χ3v) is 3.38. The summed E-state index contributed by atoms with van der Waals surface area (Å²) in [4.78, 5) is 0.708. The quantitative estimate of drug-likeness (QED) is 0.885. The summed E-state index contributed by atoms with van der Waals surface area (Å²) in [7, 11) is 0. The van der Waals surface area contributed by atoms with Gasteiger partial charge in [0.2, 0.25) is 0 Å². The molecule has 17 heavy (non-hydrogen) atoms. The van der Waals surface area contributed by atoms with E-state index in [1.165, 1.54) is 11.3 Å². The fourth-order valence-electron chi connectivity index (χ4n) is 1.46. The predicted molar refractivity (Wildman–Crippen MR) is 69.0 cm³/mol. The molecule has 2 rings (SSSR count). The molecule has 1 aromatic heterocycles. The average molecular weight is 296 g/mol. The van der Waals surface area contributed by atoms with Crippen molar-refractivity contribution in [2.75, 3.05) is 0 Å². The largest absolute Gasteiger partial charge is 0.319 e. The molecule has 0 radical (unpaired) electrons. The van der Waals surface area contributed by atoms with Crippen LogP contribution in [0.25, 0.3) is 0 Å². The molecule has 92 valence electrons. The van der Waals surface area contributed by atoms with Gasteiger partial charge in [0.15, 0.2) is 0 Å². The zero-order valence-corrected chi connectivity index (χ0v) is 10.9. The Kier molecular flexibility index (Phi) is 4.89. The van der Waals surface area contributed by atoms with Crippen molar-refractivity contribution in [1.29, 1.82) is 0 Å². The van der Waals surface area contributed by atoms with Crippen LogP contribution in [0.2, 0.25) is 5.02 Å². The number of halogens is 4. The summed E-state index contributed by atoms with van der Waals surface area (Å²) in [5.74, 6) is -1.43. The third-order valence-electron chi connectivity index (χ3n) is 2.20. The van der Waals surface area contributed by atoms with Gasteiger partial charge in [-0.1, -0.05) is 17.7 Å². The van der Waals surface area contributed by atoms with Crippen molar-refractivity contribution in [3.8, 4) is 0 Å². The number of nitrogens with two attached hydrogens (primary N) is 1. The van der Waals surface area contributed by atoms with Crippen molar-refractivity contribution >= 4 is 35.3 Å². The molecule has 1 atom stereocenters. The normalized spacial score (nSPS) is 12.0. The van der Waals surface area contributed by atoms with Crippen molar-refractivity contribution in [1.82, 2.24) is 0 Å². The van der Waals surface area contributed by atoms with Crippen LogP contribution in [-0.4, -0.2) is 0 Å². The van der Waals surface area contributed by atoms with Gasteiger partial charge in [-0.25, -0.2) is 8.78 Å². The van der Waals surface area contributed by atoms with Crippen LogP contribution in [0.4, 0.5) is 8.78 Å². The summed E-state index contributed by atoms with van der Waals surface area (Å²) < 4.78 is 27.1. The SMILES string of the molecule is Cl.N[C@H](c1cccs1)c1c(F)cc(Cl)cc1F. The van der Waals surface area contributed by atoms with Gasteiger partial charge < -0.3 is 5.73 Å². The van der Waals surface area contributed by atoms with Crippen molar-refractivity contribution in [3.63, 3.8) is 0 Å². The van der Waals surface area contributed by atoms with Gasteiger partial charge in [0, 0.05) is 15.5 Å². The average Bonchev–Trinajstić information content (AvgIpc) is 2.67. The number of hydrogen-bond acceptors (Lipinski definition) is 2. The monoisotopic (exact) mass is 295 g/mol. The number of rotatable bonds is 2. The summed E-state index contributed by atoms with van der Waals surface area (Å²) in [6.45, 7) is 0. The molecule has 0 saturated heterocycles. The van der Waals surface area contributed by atoms with Gasteiger partial charge in [-0.15, -0.1) is 23.7 Å². The molecular formula is C11H9Cl2F2NS. The summed E-state index contributed by atoms with van der Waals surface area (Å²) in [5, 5.41) is 1.83. The van der Waals surface area contributed by atoms with Crippen LogP contribution in [0.3, 0.4) is 0 Å². The van der Waals surface area contributed by atoms with Crippen LogP contribution in [0.1, 0.15) is 16.5 Å². The van der Waals surface area contributed by atoms with E-state index in [0.29, 0.717) is 4.88 Å². The molecule has 0 bridgehead atoms. The molecule has 6 heteroatoms. The maximum Gasteiger partial charge on any atom is 0.132 e. The van der Waals surface area contributed by atoms with Crippen molar-refractivity contribution in [2.24, 2.45) is 5.73 Å². The van der Waals surface area contributed by atoms with Crippen molar-refractivity contribution in [3.05, 3.63) is 56.7 Å². The van der Waals surface area contributed by atoms with Gasteiger partial charge in [-0.3, -0.25) is 0 Å². The van der Waals surface area contributed by atoms with Crippen molar-refractivity contribution in [2.45, 2.75) is 6.04 Å². The first kappa shape index (κ1) is 14.4. The van der Waals surface area contributed by atoms with Gasteiger partial charge in [-0.2, -0.15) is 0 Å². The fourth-order valence-corrected chi connectivity index (χ4v) is 2.39. The minimum atomic E-state index is -0.794. The molecule has 0 aliphatic heterocycles. The molecule has 1 aromatic carbocycles. The standard InChI is InChI=1S/C11H8ClF2NS.ClH/c12-6-4-7(13)10(8(14)5-6)11(15)9-2-1-3-16-9;/h1-5,11H,15H2;1H/t11-;/m1./s1. The molecule has 0 saturated carbocycles. The molecule has 1 heterocycles. The molecule has 0 aliphatic carbocycles. The molecular weight excluding hydrogens is 287 g/mol. The van der Waals surface area contributed by atoms with E-state index in [1.54, 1.807) is 17.5 Å². The second-order valence-electron chi connectivity index (χ2n) is 3.28. The highest BCUT2D eigenvalue weighted by molar-refractivity contribution is 7.10. The molecule has 0 amide bonds. The van der Waals surface area contributed by atoms with Gasteiger partial charge in [0.25, 0.3) is 0 Å². The highest BCUT2D eigenvalue weighted by atomic mass is 35.5. The van der Waals surface area contributed by atoms with E-state index >= 15 is 0 Å². The molecule has 0 fully saturated rings. The Morgan fingerprint density at radius 2 is 1.82 bits per heavy atom. The second-order valence-corrected chi connectivity index (χ2v) is 4.69. The lowest BCUT2D eigenvalue weighted by molar-refractivity contribution is 0.545. The summed E-state index contributed by atoms with van der Waals surface area (Å²) in [6.07, 6.45) is 0. The zero-order valence-electron chi connectivity index (χ0n) is 8.49. The predicted octanol–water partition coefficient (Wildman–Crippen LogP) is 4.15. The Bertz CT molecular complexity index is 479. The first-order valence-corrected chi connectivity index (χ1v) is 5.79. The van der Waals surface area contributed by atoms with E-state index in [1.807, 2.05) is 0 Å². The summed E-state index contributed by atoms with van der Waals surface area (Å²) in [6, 6.07) is 4.85. The van der Waals surface area contributed by atoms with E-state index in [-0.39, 0.29) is 23.0 Å². The Balaban J connectivity index is 0.00000144. The molecule has 2 aromatic rings. The lowest BCUT2D eigenvalue weighted by Gasteiger charge is -2.12. The first-order chi connectivity index (χ1) is 7.59. The number of hydrogen-bond donors (Lipinski definition) is 1. The fraction of sp³-hybridized carbons (Fsp3) is 0.0909. The van der Waals surface area contributed by atoms with E-state index < -0.39 is 17.7 Å². The van der Waals surface area contributed by atoms with E-state index in [0.717, 1.165) is 12.1 Å². The summed E-state index contributed by atoms with van der Waals surface area (Å²) >= 11 is 6.89. The van der Waals surface area contributed by atoms with Crippen LogP contribution in [0.15, 0.2) is 29.6 Å². The smallest absolute Gasteiger partial charge is 0.132 e. The Morgan fingerprint density at radius 3 is 2.29 bits per heavy atom. The maximum atomic E-state index is 13.6. The Morgan fingerprint density at radius 1 is 1.24 bits per heavy atom. The van der Waals surface area contributed by atoms with Gasteiger partial charge >= 0.3 is 0 Å².